The number of hydrogen-bond donors (Lipinski definition) is 2. The fraction of sp³-hybridized carbons (Fsp3) is 0.160. The molecule has 3 rings (SSSR count). The highest BCUT2D eigenvalue weighted by molar-refractivity contribution is 6.04. The second kappa shape index (κ2) is 11.2. The zero-order valence-electron chi connectivity index (χ0n) is 18.4. The third-order valence-electron chi connectivity index (χ3n) is 4.62. The topological polar surface area (TPSA) is 97.8 Å². The highest BCUT2D eigenvalue weighted by atomic mass is 19.1. The minimum Gasteiger partial charge on any atom is -0.488 e. The SMILES string of the molecule is COC[C@H](C)Oc1cc(/C=C/c2c(F)cccc2F)cc(C(=O)Nc2ccc(C(=O)O)cn2)c1. The normalized spacial score (nSPS) is 11.9. The van der Waals surface area contributed by atoms with E-state index in [2.05, 4.69) is 10.3 Å². The van der Waals surface area contributed by atoms with Gasteiger partial charge in [0.15, 0.2) is 0 Å². The predicted octanol–water partition coefficient (Wildman–Crippen LogP) is 4.89. The van der Waals surface area contributed by atoms with Crippen LogP contribution in [0.25, 0.3) is 12.2 Å². The standard InChI is InChI=1S/C25H22F2N2O5/c1-15(14-33-2)34-19-11-16(6-8-20-21(26)4-3-5-22(20)27)10-18(12-19)24(30)29-23-9-7-17(13-28-23)25(31)32/h3-13,15H,14H2,1-2H3,(H,31,32)(H,28,29,30)/b8-6+/t15-/m0/s1. The highest BCUT2D eigenvalue weighted by Crippen LogP contribution is 2.23. The Morgan fingerprint density at radius 1 is 1.09 bits per heavy atom. The molecule has 0 aliphatic rings. The second-order valence-electron chi connectivity index (χ2n) is 7.33. The summed E-state index contributed by atoms with van der Waals surface area (Å²) in [6.45, 7) is 2.09. The van der Waals surface area contributed by atoms with Gasteiger partial charge >= 0.3 is 5.97 Å². The molecule has 3 aromatic rings. The molecule has 1 amide bonds. The van der Waals surface area contributed by atoms with Crippen molar-refractivity contribution in [2.45, 2.75) is 13.0 Å². The fourth-order valence-corrected chi connectivity index (χ4v) is 3.05. The van der Waals surface area contributed by atoms with Crippen LogP contribution < -0.4 is 10.1 Å². The molecule has 0 aliphatic carbocycles. The summed E-state index contributed by atoms with van der Waals surface area (Å²) >= 11 is 0. The lowest BCUT2D eigenvalue weighted by molar-refractivity contribution is 0.0696. The van der Waals surface area contributed by atoms with Gasteiger partial charge in [0, 0.05) is 24.4 Å². The number of benzene rings is 2. The van der Waals surface area contributed by atoms with E-state index >= 15 is 0 Å². The van der Waals surface area contributed by atoms with Gasteiger partial charge in [-0.15, -0.1) is 0 Å². The molecule has 0 radical (unpaired) electrons. The van der Waals surface area contributed by atoms with Crippen LogP contribution in [-0.2, 0) is 4.74 Å². The van der Waals surface area contributed by atoms with Gasteiger partial charge in [-0.25, -0.2) is 18.6 Å². The summed E-state index contributed by atoms with van der Waals surface area (Å²) in [7, 11) is 1.53. The van der Waals surface area contributed by atoms with Gasteiger partial charge in [-0.05, 0) is 61.0 Å². The van der Waals surface area contributed by atoms with E-state index in [9.17, 15) is 18.4 Å². The van der Waals surface area contributed by atoms with Crippen molar-refractivity contribution in [3.8, 4) is 5.75 Å². The largest absolute Gasteiger partial charge is 0.488 e. The molecule has 176 valence electrons. The van der Waals surface area contributed by atoms with Gasteiger partial charge in [0.2, 0.25) is 0 Å². The summed E-state index contributed by atoms with van der Waals surface area (Å²) in [5.74, 6) is -2.60. The number of anilines is 1. The summed E-state index contributed by atoms with van der Waals surface area (Å²) in [5, 5.41) is 11.6. The van der Waals surface area contributed by atoms with Gasteiger partial charge in [-0.2, -0.15) is 0 Å². The average molecular weight is 468 g/mol. The third-order valence-corrected chi connectivity index (χ3v) is 4.62. The van der Waals surface area contributed by atoms with Crippen LogP contribution in [0, 0.1) is 11.6 Å². The van der Waals surface area contributed by atoms with Crippen LogP contribution in [-0.4, -0.2) is 41.8 Å². The van der Waals surface area contributed by atoms with E-state index in [0.717, 1.165) is 18.3 Å². The van der Waals surface area contributed by atoms with Crippen molar-refractivity contribution in [1.82, 2.24) is 4.98 Å². The Labute approximate surface area is 194 Å². The number of carbonyl (C=O) groups excluding carboxylic acids is 1. The molecular formula is C25H22F2N2O5. The zero-order valence-corrected chi connectivity index (χ0v) is 18.4. The average Bonchev–Trinajstić information content (AvgIpc) is 2.79. The van der Waals surface area contributed by atoms with E-state index in [0.29, 0.717) is 17.9 Å². The maximum absolute atomic E-state index is 14.0. The number of aromatic nitrogens is 1. The Kier molecular flexibility index (Phi) is 8.05. The Morgan fingerprint density at radius 2 is 1.82 bits per heavy atom. The number of methoxy groups -OCH3 is 1. The first-order valence-corrected chi connectivity index (χ1v) is 10.2. The molecule has 0 saturated carbocycles. The highest BCUT2D eigenvalue weighted by Gasteiger charge is 2.13. The number of carboxylic acids is 1. The molecule has 0 saturated heterocycles. The van der Waals surface area contributed by atoms with Crippen molar-refractivity contribution in [3.05, 3.63) is 88.6 Å². The van der Waals surface area contributed by atoms with Gasteiger partial charge in [0.1, 0.15) is 29.3 Å². The lowest BCUT2D eigenvalue weighted by Crippen LogP contribution is -2.19. The van der Waals surface area contributed by atoms with Crippen LogP contribution in [0.5, 0.6) is 5.75 Å². The number of halogens is 2. The third kappa shape index (κ3) is 6.46. The van der Waals surface area contributed by atoms with Gasteiger partial charge in [0.25, 0.3) is 5.91 Å². The van der Waals surface area contributed by atoms with E-state index in [4.69, 9.17) is 14.6 Å². The fourth-order valence-electron chi connectivity index (χ4n) is 3.05. The van der Waals surface area contributed by atoms with Crippen LogP contribution in [0.1, 0.15) is 38.8 Å². The van der Waals surface area contributed by atoms with Crippen LogP contribution in [0.2, 0.25) is 0 Å². The molecule has 0 bridgehead atoms. The quantitative estimate of drug-likeness (QED) is 0.434. The molecule has 2 aromatic carbocycles. The number of rotatable bonds is 9. The first kappa shape index (κ1) is 24.5. The Balaban J connectivity index is 1.91. The van der Waals surface area contributed by atoms with E-state index in [-0.39, 0.29) is 28.6 Å². The number of amides is 1. The Bertz CT molecular complexity index is 1190. The summed E-state index contributed by atoms with van der Waals surface area (Å²) < 4.78 is 38.8. The van der Waals surface area contributed by atoms with Crippen molar-refractivity contribution in [2.24, 2.45) is 0 Å². The zero-order chi connectivity index (χ0) is 24.7. The molecule has 0 spiro atoms. The van der Waals surface area contributed by atoms with Crippen molar-refractivity contribution in [3.63, 3.8) is 0 Å². The maximum Gasteiger partial charge on any atom is 0.337 e. The van der Waals surface area contributed by atoms with Crippen molar-refractivity contribution in [1.29, 1.82) is 0 Å². The van der Waals surface area contributed by atoms with Gasteiger partial charge in [-0.3, -0.25) is 4.79 Å². The van der Waals surface area contributed by atoms with Crippen LogP contribution in [0.4, 0.5) is 14.6 Å². The minimum atomic E-state index is -1.14. The number of hydrogen-bond acceptors (Lipinski definition) is 5. The van der Waals surface area contributed by atoms with Crippen molar-refractivity contribution < 1.29 is 33.0 Å². The molecule has 0 aliphatic heterocycles. The molecule has 1 atom stereocenters. The molecule has 9 heteroatoms. The number of pyridine rings is 1. The van der Waals surface area contributed by atoms with Gasteiger partial charge in [0.05, 0.1) is 12.2 Å². The van der Waals surface area contributed by atoms with E-state index in [1.165, 1.54) is 49.6 Å². The number of nitrogens with one attached hydrogen (secondary N) is 1. The van der Waals surface area contributed by atoms with Crippen molar-refractivity contribution in [2.75, 3.05) is 19.0 Å². The van der Waals surface area contributed by atoms with E-state index in [1.54, 1.807) is 13.0 Å². The van der Waals surface area contributed by atoms with E-state index in [1.807, 2.05) is 0 Å². The van der Waals surface area contributed by atoms with Crippen molar-refractivity contribution >= 4 is 29.8 Å². The van der Waals surface area contributed by atoms with Crippen LogP contribution in [0.3, 0.4) is 0 Å². The monoisotopic (exact) mass is 468 g/mol. The number of aromatic carboxylic acids is 1. The molecule has 0 unspecified atom stereocenters. The summed E-state index contributed by atoms with van der Waals surface area (Å²) in [5.41, 5.74) is 0.424. The molecule has 1 aromatic heterocycles. The molecular weight excluding hydrogens is 446 g/mol. The molecule has 0 fully saturated rings. The Morgan fingerprint density at radius 3 is 2.44 bits per heavy atom. The summed E-state index contributed by atoms with van der Waals surface area (Å²) in [4.78, 5) is 27.7. The smallest absolute Gasteiger partial charge is 0.337 e. The first-order chi connectivity index (χ1) is 16.3. The number of ether oxygens (including phenoxy) is 2. The van der Waals surface area contributed by atoms with E-state index < -0.39 is 23.5 Å². The summed E-state index contributed by atoms with van der Waals surface area (Å²) in [6, 6.07) is 10.9. The summed E-state index contributed by atoms with van der Waals surface area (Å²) in [6.07, 6.45) is 3.54. The predicted molar refractivity (Wildman–Crippen MR) is 123 cm³/mol. The Hall–Kier alpha value is -4.11. The second-order valence-corrected chi connectivity index (χ2v) is 7.33. The number of carbonyl (C=O) groups is 2. The van der Waals surface area contributed by atoms with Gasteiger partial charge < -0.3 is 19.9 Å². The van der Waals surface area contributed by atoms with Gasteiger partial charge in [-0.1, -0.05) is 12.1 Å². The number of carboxylic acid groups (broad SMARTS) is 1. The molecule has 7 nitrogen and oxygen atoms in total. The van der Waals surface area contributed by atoms with Crippen LogP contribution >= 0.6 is 0 Å². The maximum atomic E-state index is 14.0. The minimum absolute atomic E-state index is 0.0201. The first-order valence-electron chi connectivity index (χ1n) is 10.2. The molecule has 34 heavy (non-hydrogen) atoms. The molecule has 2 N–H and O–H groups in total. The lowest BCUT2D eigenvalue weighted by Gasteiger charge is -2.15. The number of nitrogens with zero attached hydrogens (tertiary/aromatic N) is 1. The lowest BCUT2D eigenvalue weighted by atomic mass is 10.1. The molecule has 1 heterocycles. The van der Waals surface area contributed by atoms with Crippen LogP contribution in [0.15, 0.2) is 54.7 Å².